The number of ether oxygens (including phenoxy) is 2. The first kappa shape index (κ1) is 17.2. The second-order valence-corrected chi connectivity index (χ2v) is 7.99. The highest BCUT2D eigenvalue weighted by Gasteiger charge is 2.47. The molecule has 124 valence electrons. The molecule has 3 atom stereocenters. The van der Waals surface area contributed by atoms with Crippen molar-refractivity contribution in [1.82, 2.24) is 4.90 Å². The second kappa shape index (κ2) is 5.78. The van der Waals surface area contributed by atoms with E-state index in [-0.39, 0.29) is 41.3 Å². The molecule has 5 nitrogen and oxygen atoms in total. The quantitative estimate of drug-likeness (QED) is 0.751. The Hall–Kier alpha value is -1.20. The number of carbonyl (C=O) groups excluding carboxylic acids is 2. The normalized spacial score (nSPS) is 29.7. The van der Waals surface area contributed by atoms with Gasteiger partial charge in [0.2, 0.25) is 0 Å². The molecule has 0 saturated heterocycles. The van der Waals surface area contributed by atoms with E-state index in [1.807, 2.05) is 41.5 Å². The molecule has 0 aromatic rings. The van der Waals surface area contributed by atoms with Crippen molar-refractivity contribution in [3.05, 3.63) is 12.2 Å². The zero-order valence-corrected chi connectivity index (χ0v) is 14.4. The van der Waals surface area contributed by atoms with E-state index < -0.39 is 0 Å². The number of carbonyl (C=O) groups is 2. The monoisotopic (exact) mass is 309 g/mol. The van der Waals surface area contributed by atoms with Crippen LogP contribution in [0, 0.1) is 0 Å². The fourth-order valence-corrected chi connectivity index (χ4v) is 3.07. The highest BCUT2D eigenvalue weighted by atomic mass is 16.6. The maximum atomic E-state index is 12.0. The van der Waals surface area contributed by atoms with Gasteiger partial charge in [-0.25, -0.2) is 0 Å². The summed E-state index contributed by atoms with van der Waals surface area (Å²) in [6.07, 6.45) is 3.72. The van der Waals surface area contributed by atoms with Crippen LogP contribution in [0.5, 0.6) is 0 Å². The Kier molecular flexibility index (Phi) is 4.51. The maximum absolute atomic E-state index is 12.0. The number of imide groups is 1. The minimum atomic E-state index is -0.369. The molecular weight excluding hydrogens is 282 g/mol. The Balaban J connectivity index is 2.22. The molecule has 1 aliphatic heterocycles. The summed E-state index contributed by atoms with van der Waals surface area (Å²) in [6, 6.07) is -0.262. The predicted octanol–water partition coefficient (Wildman–Crippen LogP) is 2.44. The molecule has 2 aliphatic rings. The van der Waals surface area contributed by atoms with Crippen LogP contribution in [0.25, 0.3) is 0 Å². The van der Waals surface area contributed by atoms with Gasteiger partial charge in [0, 0.05) is 12.2 Å². The van der Waals surface area contributed by atoms with Crippen LogP contribution in [0.1, 0.15) is 54.4 Å². The SMILES string of the molecule is CC(C)(C)OC1CC[C@H](N2C(=O)C=CC2=O)[C@@H]1OC(C)(C)C. The lowest BCUT2D eigenvalue weighted by Gasteiger charge is -2.37. The molecule has 0 aromatic carbocycles. The number of amides is 2. The molecule has 1 aliphatic carbocycles. The summed E-state index contributed by atoms with van der Waals surface area (Å²) in [5, 5.41) is 0. The van der Waals surface area contributed by atoms with E-state index in [1.165, 1.54) is 17.1 Å². The van der Waals surface area contributed by atoms with Crippen molar-refractivity contribution in [2.45, 2.75) is 83.8 Å². The van der Waals surface area contributed by atoms with Crippen molar-refractivity contribution < 1.29 is 19.1 Å². The molecule has 2 rings (SSSR count). The molecule has 1 heterocycles. The lowest BCUT2D eigenvalue weighted by atomic mass is 10.1. The Labute approximate surface area is 132 Å². The fourth-order valence-electron chi connectivity index (χ4n) is 3.07. The van der Waals surface area contributed by atoms with Crippen LogP contribution in [0.3, 0.4) is 0 Å². The Bertz CT molecular complexity index is 466. The summed E-state index contributed by atoms with van der Waals surface area (Å²) >= 11 is 0. The van der Waals surface area contributed by atoms with Gasteiger partial charge in [-0.05, 0) is 54.4 Å². The summed E-state index contributed by atoms with van der Waals surface area (Å²) in [7, 11) is 0. The van der Waals surface area contributed by atoms with E-state index in [9.17, 15) is 9.59 Å². The molecule has 2 amide bonds. The summed E-state index contributed by atoms with van der Waals surface area (Å²) < 4.78 is 12.3. The highest BCUT2D eigenvalue weighted by molar-refractivity contribution is 6.13. The molecule has 0 radical (unpaired) electrons. The third kappa shape index (κ3) is 3.96. The second-order valence-electron chi connectivity index (χ2n) is 7.99. The predicted molar refractivity (Wildman–Crippen MR) is 83.3 cm³/mol. The van der Waals surface area contributed by atoms with Gasteiger partial charge in [0.1, 0.15) is 6.10 Å². The standard InChI is InChI=1S/C17H27NO4/c1-16(2,3)21-12-8-7-11(15(12)22-17(4,5)6)18-13(19)9-10-14(18)20/h9-12,15H,7-8H2,1-6H3/t11-,12?,15-/m0/s1. The minimum absolute atomic E-state index is 0.120. The summed E-state index contributed by atoms with van der Waals surface area (Å²) in [5.41, 5.74) is -0.664. The van der Waals surface area contributed by atoms with E-state index in [2.05, 4.69) is 0 Å². The van der Waals surface area contributed by atoms with Gasteiger partial charge in [0.05, 0.1) is 23.3 Å². The van der Waals surface area contributed by atoms with Gasteiger partial charge in [-0.2, -0.15) is 0 Å². The average molecular weight is 309 g/mol. The first-order valence-corrected chi connectivity index (χ1v) is 7.89. The Morgan fingerprint density at radius 3 is 1.86 bits per heavy atom. The zero-order valence-electron chi connectivity index (χ0n) is 14.4. The van der Waals surface area contributed by atoms with Crippen LogP contribution >= 0.6 is 0 Å². The smallest absolute Gasteiger partial charge is 0.253 e. The molecular formula is C17H27NO4. The topological polar surface area (TPSA) is 55.8 Å². The first-order valence-electron chi connectivity index (χ1n) is 7.89. The first-order chi connectivity index (χ1) is 9.98. The molecule has 0 bridgehead atoms. The molecule has 0 spiro atoms. The minimum Gasteiger partial charge on any atom is -0.370 e. The van der Waals surface area contributed by atoms with Crippen molar-refractivity contribution >= 4 is 11.8 Å². The van der Waals surface area contributed by atoms with Gasteiger partial charge in [0.25, 0.3) is 11.8 Å². The van der Waals surface area contributed by atoms with Crippen molar-refractivity contribution in [1.29, 1.82) is 0 Å². The van der Waals surface area contributed by atoms with Gasteiger partial charge in [-0.1, -0.05) is 0 Å². The highest BCUT2D eigenvalue weighted by Crippen LogP contribution is 2.35. The molecule has 1 fully saturated rings. The average Bonchev–Trinajstić information content (AvgIpc) is 2.81. The van der Waals surface area contributed by atoms with E-state index in [1.54, 1.807) is 0 Å². The Morgan fingerprint density at radius 1 is 0.909 bits per heavy atom. The van der Waals surface area contributed by atoms with E-state index in [0.29, 0.717) is 6.42 Å². The lowest BCUT2D eigenvalue weighted by molar-refractivity contribution is -0.170. The van der Waals surface area contributed by atoms with Crippen LogP contribution in [-0.4, -0.2) is 46.2 Å². The van der Waals surface area contributed by atoms with Crippen molar-refractivity contribution in [2.75, 3.05) is 0 Å². The maximum Gasteiger partial charge on any atom is 0.253 e. The van der Waals surface area contributed by atoms with E-state index >= 15 is 0 Å². The van der Waals surface area contributed by atoms with Crippen LogP contribution in [-0.2, 0) is 19.1 Å². The summed E-state index contributed by atoms with van der Waals surface area (Å²) in [5.74, 6) is -0.511. The number of hydrogen-bond donors (Lipinski definition) is 0. The molecule has 22 heavy (non-hydrogen) atoms. The van der Waals surface area contributed by atoms with Gasteiger partial charge in [0.15, 0.2) is 0 Å². The molecule has 5 heteroatoms. The summed E-state index contributed by atoms with van der Waals surface area (Å²) in [6.45, 7) is 11.9. The van der Waals surface area contributed by atoms with Crippen LogP contribution in [0.4, 0.5) is 0 Å². The van der Waals surface area contributed by atoms with Crippen molar-refractivity contribution in [3.8, 4) is 0 Å². The molecule has 0 N–H and O–H groups in total. The van der Waals surface area contributed by atoms with E-state index in [4.69, 9.17) is 9.47 Å². The van der Waals surface area contributed by atoms with Crippen LogP contribution < -0.4 is 0 Å². The molecule has 0 aromatic heterocycles. The molecule has 1 unspecified atom stereocenters. The van der Waals surface area contributed by atoms with Crippen LogP contribution in [0.15, 0.2) is 12.2 Å². The van der Waals surface area contributed by atoms with Gasteiger partial charge >= 0.3 is 0 Å². The summed E-state index contributed by atoms with van der Waals surface area (Å²) in [4.78, 5) is 25.3. The number of nitrogens with zero attached hydrogens (tertiary/aromatic N) is 1. The largest absolute Gasteiger partial charge is 0.370 e. The van der Waals surface area contributed by atoms with E-state index in [0.717, 1.165) is 6.42 Å². The Morgan fingerprint density at radius 2 is 1.41 bits per heavy atom. The fraction of sp³-hybridized carbons (Fsp3) is 0.765. The lowest BCUT2D eigenvalue weighted by Crippen LogP contribution is -2.51. The van der Waals surface area contributed by atoms with Crippen molar-refractivity contribution in [3.63, 3.8) is 0 Å². The van der Waals surface area contributed by atoms with Gasteiger partial charge < -0.3 is 9.47 Å². The zero-order chi connectivity index (χ0) is 16.7. The van der Waals surface area contributed by atoms with Crippen molar-refractivity contribution in [2.24, 2.45) is 0 Å². The number of hydrogen-bond acceptors (Lipinski definition) is 4. The third-order valence-corrected chi connectivity index (χ3v) is 3.66. The van der Waals surface area contributed by atoms with Gasteiger partial charge in [-0.3, -0.25) is 14.5 Å². The number of rotatable bonds is 3. The third-order valence-electron chi connectivity index (χ3n) is 3.66. The van der Waals surface area contributed by atoms with Crippen LogP contribution in [0.2, 0.25) is 0 Å². The van der Waals surface area contributed by atoms with Gasteiger partial charge in [-0.15, -0.1) is 0 Å². The molecule has 1 saturated carbocycles.